The Morgan fingerprint density at radius 2 is 1.97 bits per heavy atom. The van der Waals surface area contributed by atoms with Crippen LogP contribution in [0.25, 0.3) is 0 Å². The highest BCUT2D eigenvalue weighted by Gasteiger charge is 2.41. The topological polar surface area (TPSA) is 44.5 Å². The van der Waals surface area contributed by atoms with Crippen LogP contribution in [0.1, 0.15) is 23.5 Å². The number of furan rings is 1. The molecule has 1 aliphatic heterocycles. The van der Waals surface area contributed by atoms with Gasteiger partial charge in [-0.05, 0) is 74.8 Å². The van der Waals surface area contributed by atoms with Crippen molar-refractivity contribution in [1.29, 1.82) is 0 Å². The summed E-state index contributed by atoms with van der Waals surface area (Å²) in [7, 11) is 4.12. The lowest BCUT2D eigenvalue weighted by Gasteiger charge is -2.27. The lowest BCUT2D eigenvalue weighted by molar-refractivity contribution is 0.239. The average molecular weight is 459 g/mol. The Hall–Kier alpha value is -2.06. The summed E-state index contributed by atoms with van der Waals surface area (Å²) in [5, 5.41) is 5.73. The predicted molar refractivity (Wildman–Crippen MR) is 125 cm³/mol. The first-order valence-electron chi connectivity index (χ1n) is 9.67. The van der Waals surface area contributed by atoms with Gasteiger partial charge in [0.15, 0.2) is 10.2 Å². The zero-order valence-corrected chi connectivity index (χ0v) is 19.2. The van der Waals surface area contributed by atoms with E-state index in [1.165, 1.54) is 0 Å². The fourth-order valence-corrected chi connectivity index (χ4v) is 4.67. The molecule has 1 aromatic carbocycles. The highest BCUT2D eigenvalue weighted by molar-refractivity contribution is 7.99. The quantitative estimate of drug-likeness (QED) is 0.499. The number of likely N-dealkylation sites (N-methyl/N-ethyl adjacent to an activating group) is 1. The minimum atomic E-state index is -0.0691. The molecule has 3 heterocycles. The Labute approximate surface area is 191 Å². The molecule has 0 aliphatic carbocycles. The van der Waals surface area contributed by atoms with Crippen molar-refractivity contribution in [3.05, 3.63) is 77.3 Å². The number of hydrogen-bond donors (Lipinski definition) is 1. The number of nitrogens with zero attached hydrogens (tertiary/aromatic N) is 3. The van der Waals surface area contributed by atoms with E-state index >= 15 is 0 Å². The standard InChI is InChI=1S/C22H23ClN4OS2/c1-26(2)13-14-27-21(20(25-22(27)29)17-5-3-4-12-24-17)18-10-11-19(28-18)30-16-8-6-15(23)7-9-16/h3-12,20-21H,13-14H2,1-2H3,(H,25,29)/t20-,21-/m0/s1. The number of thiocarbonyl (C=S) groups is 1. The van der Waals surface area contributed by atoms with Crippen molar-refractivity contribution in [2.75, 3.05) is 27.2 Å². The molecule has 3 aromatic rings. The van der Waals surface area contributed by atoms with Crippen LogP contribution in [-0.4, -0.2) is 47.1 Å². The maximum Gasteiger partial charge on any atom is 0.170 e. The molecule has 1 saturated heterocycles. The van der Waals surface area contributed by atoms with Crippen molar-refractivity contribution >= 4 is 40.7 Å². The molecule has 2 atom stereocenters. The maximum absolute atomic E-state index is 6.29. The normalized spacial score (nSPS) is 18.8. The molecule has 0 radical (unpaired) electrons. The van der Waals surface area contributed by atoms with Gasteiger partial charge in [-0.2, -0.15) is 0 Å². The summed E-state index contributed by atoms with van der Waals surface area (Å²) in [4.78, 5) is 9.99. The molecule has 0 bridgehead atoms. The minimum Gasteiger partial charge on any atom is -0.452 e. The van der Waals surface area contributed by atoms with Crippen LogP contribution in [0, 0.1) is 0 Å². The van der Waals surface area contributed by atoms with E-state index in [2.05, 4.69) is 34.2 Å². The van der Waals surface area contributed by atoms with Gasteiger partial charge in [-0.3, -0.25) is 4.98 Å². The van der Waals surface area contributed by atoms with Crippen LogP contribution >= 0.6 is 35.6 Å². The van der Waals surface area contributed by atoms with Gasteiger partial charge in [-0.15, -0.1) is 0 Å². The van der Waals surface area contributed by atoms with Gasteiger partial charge < -0.3 is 19.5 Å². The fourth-order valence-electron chi connectivity index (χ4n) is 3.43. The summed E-state index contributed by atoms with van der Waals surface area (Å²) in [5.74, 6) is 0.869. The summed E-state index contributed by atoms with van der Waals surface area (Å²) in [6.07, 6.45) is 1.81. The van der Waals surface area contributed by atoms with Crippen LogP contribution in [0.15, 0.2) is 75.2 Å². The zero-order valence-electron chi connectivity index (χ0n) is 16.8. The van der Waals surface area contributed by atoms with Crippen LogP contribution in [0.2, 0.25) is 5.02 Å². The van der Waals surface area contributed by atoms with Crippen molar-refractivity contribution in [1.82, 2.24) is 20.1 Å². The number of rotatable bonds is 7. The van der Waals surface area contributed by atoms with Crippen molar-refractivity contribution in [2.24, 2.45) is 0 Å². The number of aromatic nitrogens is 1. The first-order valence-corrected chi connectivity index (χ1v) is 11.3. The Balaban J connectivity index is 1.62. The van der Waals surface area contributed by atoms with Gasteiger partial charge in [0.2, 0.25) is 0 Å². The highest BCUT2D eigenvalue weighted by atomic mass is 35.5. The SMILES string of the molecule is CN(C)CCN1C(=S)N[C@@H](c2ccccn2)[C@@H]1c1ccc(Sc2ccc(Cl)cc2)o1. The molecule has 30 heavy (non-hydrogen) atoms. The largest absolute Gasteiger partial charge is 0.452 e. The second-order valence-electron chi connectivity index (χ2n) is 7.34. The first kappa shape index (κ1) is 21.2. The maximum atomic E-state index is 6.29. The molecule has 4 rings (SSSR count). The number of hydrogen-bond acceptors (Lipinski definition) is 5. The third-order valence-electron chi connectivity index (χ3n) is 4.91. The van der Waals surface area contributed by atoms with Crippen LogP contribution in [0.3, 0.4) is 0 Å². The van der Waals surface area contributed by atoms with E-state index < -0.39 is 0 Å². The Morgan fingerprint density at radius 3 is 2.67 bits per heavy atom. The molecule has 0 saturated carbocycles. The monoisotopic (exact) mass is 458 g/mol. The summed E-state index contributed by atoms with van der Waals surface area (Å²) in [6, 6.07) is 17.6. The number of halogens is 1. The van der Waals surface area contributed by atoms with Crippen LogP contribution in [0.4, 0.5) is 0 Å². The van der Waals surface area contributed by atoms with Crippen molar-refractivity contribution in [3.8, 4) is 0 Å². The Morgan fingerprint density at radius 1 is 1.17 bits per heavy atom. The van der Waals surface area contributed by atoms with Crippen LogP contribution < -0.4 is 5.32 Å². The third-order valence-corrected chi connectivity index (χ3v) is 6.44. The van der Waals surface area contributed by atoms with Gasteiger partial charge in [0, 0.05) is 29.2 Å². The minimum absolute atomic E-state index is 0.0630. The molecule has 8 heteroatoms. The highest BCUT2D eigenvalue weighted by Crippen LogP contribution is 2.41. The van der Waals surface area contributed by atoms with E-state index in [1.807, 2.05) is 60.8 Å². The Kier molecular flexibility index (Phi) is 6.63. The van der Waals surface area contributed by atoms with Crippen molar-refractivity contribution in [2.45, 2.75) is 22.1 Å². The van der Waals surface area contributed by atoms with Gasteiger partial charge in [-0.25, -0.2) is 0 Å². The van der Waals surface area contributed by atoms with Gasteiger partial charge in [0.25, 0.3) is 0 Å². The smallest absolute Gasteiger partial charge is 0.170 e. The average Bonchev–Trinajstić information content (AvgIpc) is 3.32. The molecule has 1 N–H and O–H groups in total. The molecule has 5 nitrogen and oxygen atoms in total. The van der Waals surface area contributed by atoms with Gasteiger partial charge in [0.1, 0.15) is 11.8 Å². The van der Waals surface area contributed by atoms with Gasteiger partial charge >= 0.3 is 0 Å². The molecule has 0 spiro atoms. The van der Waals surface area contributed by atoms with E-state index in [0.717, 1.165) is 44.7 Å². The number of pyridine rings is 1. The fraction of sp³-hybridized carbons (Fsp3) is 0.273. The molecule has 156 valence electrons. The second-order valence-corrected chi connectivity index (χ2v) is 9.24. The summed E-state index contributed by atoms with van der Waals surface area (Å²) < 4.78 is 6.29. The molecule has 0 amide bonds. The third kappa shape index (κ3) is 4.81. The van der Waals surface area contributed by atoms with E-state index in [0.29, 0.717) is 0 Å². The number of benzene rings is 1. The first-order chi connectivity index (χ1) is 14.5. The van der Waals surface area contributed by atoms with E-state index in [-0.39, 0.29) is 12.1 Å². The number of nitrogens with one attached hydrogen (secondary N) is 1. The van der Waals surface area contributed by atoms with E-state index in [9.17, 15) is 0 Å². The van der Waals surface area contributed by atoms with Gasteiger partial charge in [0.05, 0.1) is 11.7 Å². The molecular weight excluding hydrogens is 436 g/mol. The molecular formula is C22H23ClN4OS2. The van der Waals surface area contributed by atoms with Crippen LogP contribution in [-0.2, 0) is 0 Å². The van der Waals surface area contributed by atoms with Crippen molar-refractivity contribution in [3.63, 3.8) is 0 Å². The van der Waals surface area contributed by atoms with E-state index in [4.69, 9.17) is 28.2 Å². The molecule has 2 aromatic heterocycles. The molecule has 1 aliphatic rings. The molecule has 1 fully saturated rings. The van der Waals surface area contributed by atoms with Crippen molar-refractivity contribution < 1.29 is 4.42 Å². The lowest BCUT2D eigenvalue weighted by Crippen LogP contribution is -2.35. The lowest BCUT2D eigenvalue weighted by atomic mass is 10.0. The van der Waals surface area contributed by atoms with Gasteiger partial charge in [-0.1, -0.05) is 29.4 Å². The second kappa shape index (κ2) is 9.39. The molecule has 0 unspecified atom stereocenters. The Bertz CT molecular complexity index is 994. The predicted octanol–water partition coefficient (Wildman–Crippen LogP) is 5.01. The summed E-state index contributed by atoms with van der Waals surface area (Å²) >= 11 is 13.2. The zero-order chi connectivity index (χ0) is 21.1. The van der Waals surface area contributed by atoms with Crippen LogP contribution in [0.5, 0.6) is 0 Å². The van der Waals surface area contributed by atoms with E-state index in [1.54, 1.807) is 11.8 Å². The summed E-state index contributed by atoms with van der Waals surface area (Å²) in [5.41, 5.74) is 0.945. The summed E-state index contributed by atoms with van der Waals surface area (Å²) in [6.45, 7) is 1.69.